The quantitative estimate of drug-likeness (QED) is 0.553. The average Bonchev–Trinajstić information content (AvgIpc) is 2.89. The molecule has 0 bridgehead atoms. The minimum atomic E-state index is -1.07. The lowest BCUT2D eigenvalue weighted by Gasteiger charge is -2.62. The fraction of sp³-hybridized carbons (Fsp3) is 0.600. The minimum Gasteiger partial charge on any atom is -0.508 e. The molecular weight excluding hydrogens is 346 g/mol. The molecule has 4 rings (SSSR count). The first-order chi connectivity index (χ1) is 12.6. The van der Waals surface area contributed by atoms with Crippen LogP contribution in [-0.2, 0) is 10.2 Å². The molecule has 1 aromatic carbocycles. The molecule has 1 aromatic rings. The van der Waals surface area contributed by atoms with Crippen molar-refractivity contribution in [3.63, 3.8) is 0 Å². The van der Waals surface area contributed by atoms with Gasteiger partial charge in [0.25, 0.3) is 5.91 Å². The van der Waals surface area contributed by atoms with Crippen molar-refractivity contribution >= 4 is 11.9 Å². The monoisotopic (exact) mass is 373 g/mol. The van der Waals surface area contributed by atoms with E-state index in [1.807, 2.05) is 27.0 Å². The molecule has 2 heterocycles. The number of nitrogens with zero attached hydrogens (tertiary/aromatic N) is 1. The van der Waals surface area contributed by atoms with Gasteiger partial charge in [-0.15, -0.1) is 0 Å². The standard InChI is InChI=1S/C20H27N3O4/c1-12-4-5-14(24)10-15(12)18-8-9-23(3)13(2)20(18,27)7-6-19(11-18)16(25)21-17(26)22-19/h4-5,10,13,24,27H,6-9,11H2,1-3H3,(H2,21,22,25,26)/t13?,18-,19+,20?/m1/s1. The van der Waals surface area contributed by atoms with Gasteiger partial charge in [-0.25, -0.2) is 4.79 Å². The molecule has 7 heteroatoms. The van der Waals surface area contributed by atoms with E-state index in [-0.39, 0.29) is 17.7 Å². The molecule has 2 unspecified atom stereocenters. The Morgan fingerprint density at radius 3 is 2.63 bits per heavy atom. The number of aliphatic hydroxyl groups is 1. The number of nitrogens with one attached hydrogen (secondary N) is 2. The van der Waals surface area contributed by atoms with E-state index in [4.69, 9.17) is 0 Å². The number of urea groups is 1. The number of phenols is 1. The first-order valence-corrected chi connectivity index (χ1v) is 9.50. The molecule has 2 aliphatic heterocycles. The third kappa shape index (κ3) is 2.34. The Balaban J connectivity index is 1.92. The molecular formula is C20H27N3O4. The van der Waals surface area contributed by atoms with E-state index in [1.54, 1.807) is 12.1 Å². The van der Waals surface area contributed by atoms with Gasteiger partial charge in [0.05, 0.1) is 5.60 Å². The molecule has 0 aromatic heterocycles. The fourth-order valence-corrected chi connectivity index (χ4v) is 5.66. The second kappa shape index (κ2) is 5.69. The first kappa shape index (κ1) is 18.3. The van der Waals surface area contributed by atoms with Crippen LogP contribution in [0.2, 0.25) is 0 Å². The second-order valence-electron chi connectivity index (χ2n) is 8.58. The summed E-state index contributed by atoms with van der Waals surface area (Å²) in [6.07, 6.45) is 1.73. The Morgan fingerprint density at radius 2 is 1.96 bits per heavy atom. The zero-order chi connectivity index (χ0) is 19.6. The molecule has 27 heavy (non-hydrogen) atoms. The van der Waals surface area contributed by atoms with Crippen LogP contribution in [0.15, 0.2) is 18.2 Å². The molecule has 3 amide bonds. The van der Waals surface area contributed by atoms with Crippen molar-refractivity contribution in [2.75, 3.05) is 13.6 Å². The number of phenolic OH excluding ortho intramolecular Hbond substituents is 1. The molecule has 7 nitrogen and oxygen atoms in total. The van der Waals surface area contributed by atoms with Gasteiger partial charge in [-0.2, -0.15) is 0 Å². The summed E-state index contributed by atoms with van der Waals surface area (Å²) in [6, 6.07) is 4.60. The third-order valence-electron chi connectivity index (χ3n) is 7.36. The van der Waals surface area contributed by atoms with Crippen LogP contribution in [0.25, 0.3) is 0 Å². The molecule has 4 N–H and O–H groups in total. The highest BCUT2D eigenvalue weighted by atomic mass is 16.3. The number of hydrogen-bond acceptors (Lipinski definition) is 5. The Bertz CT molecular complexity index is 827. The van der Waals surface area contributed by atoms with Crippen LogP contribution >= 0.6 is 0 Å². The van der Waals surface area contributed by atoms with Crippen LogP contribution in [0, 0.1) is 6.92 Å². The molecule has 0 radical (unpaired) electrons. The lowest BCUT2D eigenvalue weighted by Crippen LogP contribution is -2.73. The van der Waals surface area contributed by atoms with Gasteiger partial charge in [-0.05, 0) is 76.4 Å². The molecule has 3 fully saturated rings. The normalized spacial score (nSPS) is 39.2. The number of rotatable bonds is 1. The Kier molecular flexibility index (Phi) is 3.85. The fourth-order valence-electron chi connectivity index (χ4n) is 5.66. The number of fused-ring (bicyclic) bond motifs is 1. The maximum absolute atomic E-state index is 12.7. The van der Waals surface area contributed by atoms with E-state index in [9.17, 15) is 19.8 Å². The van der Waals surface area contributed by atoms with Crippen LogP contribution in [0.5, 0.6) is 5.75 Å². The highest BCUT2D eigenvalue weighted by Gasteiger charge is 2.66. The van der Waals surface area contributed by atoms with Gasteiger partial charge < -0.3 is 20.4 Å². The van der Waals surface area contributed by atoms with Gasteiger partial charge in [0.15, 0.2) is 0 Å². The van der Waals surface area contributed by atoms with Crippen molar-refractivity contribution < 1.29 is 19.8 Å². The van der Waals surface area contributed by atoms with Crippen molar-refractivity contribution in [2.24, 2.45) is 0 Å². The number of benzene rings is 1. The predicted molar refractivity (Wildman–Crippen MR) is 99.4 cm³/mol. The molecule has 1 saturated carbocycles. The zero-order valence-corrected chi connectivity index (χ0v) is 16.0. The molecule has 1 spiro atoms. The van der Waals surface area contributed by atoms with E-state index in [0.717, 1.165) is 17.7 Å². The van der Waals surface area contributed by atoms with Gasteiger partial charge >= 0.3 is 6.03 Å². The predicted octanol–water partition coefficient (Wildman–Crippen LogP) is 1.16. The summed E-state index contributed by atoms with van der Waals surface area (Å²) in [7, 11) is 2.00. The number of hydrogen-bond donors (Lipinski definition) is 4. The number of likely N-dealkylation sites (N-methyl/N-ethyl adjacent to an activating group) is 1. The largest absolute Gasteiger partial charge is 0.508 e. The Hall–Kier alpha value is -2.12. The highest BCUT2D eigenvalue weighted by molar-refractivity contribution is 6.07. The maximum Gasteiger partial charge on any atom is 0.322 e. The zero-order valence-electron chi connectivity index (χ0n) is 16.0. The summed E-state index contributed by atoms with van der Waals surface area (Å²) in [5.74, 6) is -0.184. The van der Waals surface area contributed by atoms with Crippen molar-refractivity contribution in [3.05, 3.63) is 29.3 Å². The summed E-state index contributed by atoms with van der Waals surface area (Å²) < 4.78 is 0. The summed E-state index contributed by atoms with van der Waals surface area (Å²) in [5.41, 5.74) is -1.01. The van der Waals surface area contributed by atoms with Gasteiger partial charge in [-0.3, -0.25) is 10.1 Å². The number of piperidine rings is 1. The van der Waals surface area contributed by atoms with Gasteiger partial charge in [0.1, 0.15) is 11.3 Å². The number of likely N-dealkylation sites (tertiary alicyclic amines) is 1. The van der Waals surface area contributed by atoms with E-state index < -0.39 is 22.6 Å². The third-order valence-corrected chi connectivity index (χ3v) is 7.36. The van der Waals surface area contributed by atoms with Crippen LogP contribution in [0.3, 0.4) is 0 Å². The van der Waals surface area contributed by atoms with E-state index in [0.29, 0.717) is 25.7 Å². The summed E-state index contributed by atoms with van der Waals surface area (Å²) >= 11 is 0. The highest BCUT2D eigenvalue weighted by Crippen LogP contribution is 2.57. The van der Waals surface area contributed by atoms with E-state index in [2.05, 4.69) is 15.5 Å². The van der Waals surface area contributed by atoms with Crippen LogP contribution < -0.4 is 10.6 Å². The molecule has 2 saturated heterocycles. The summed E-state index contributed by atoms with van der Waals surface area (Å²) in [6.45, 7) is 4.73. The first-order valence-electron chi connectivity index (χ1n) is 9.50. The Morgan fingerprint density at radius 1 is 1.22 bits per heavy atom. The number of carbonyl (C=O) groups excluding carboxylic acids is 2. The van der Waals surface area contributed by atoms with Crippen LogP contribution in [0.4, 0.5) is 4.79 Å². The lowest BCUT2D eigenvalue weighted by molar-refractivity contribution is -0.166. The van der Waals surface area contributed by atoms with E-state index in [1.165, 1.54) is 0 Å². The topological polar surface area (TPSA) is 102 Å². The molecule has 1 aliphatic carbocycles. The average molecular weight is 373 g/mol. The minimum absolute atomic E-state index is 0.120. The number of imide groups is 1. The van der Waals surface area contributed by atoms with Crippen molar-refractivity contribution in [1.29, 1.82) is 0 Å². The lowest BCUT2D eigenvalue weighted by atomic mass is 9.50. The SMILES string of the molecule is Cc1ccc(O)cc1[C@]12CCN(C)C(C)C1(O)CC[C@@]1(C2)NC(=O)NC1=O. The number of amides is 3. The molecule has 3 aliphatic rings. The second-order valence-corrected chi connectivity index (χ2v) is 8.58. The van der Waals surface area contributed by atoms with Gasteiger partial charge in [-0.1, -0.05) is 6.07 Å². The van der Waals surface area contributed by atoms with Crippen LogP contribution in [0.1, 0.15) is 43.7 Å². The Labute approximate surface area is 158 Å². The number of carbonyl (C=O) groups is 2. The summed E-state index contributed by atoms with van der Waals surface area (Å²) in [5, 5.41) is 27.4. The van der Waals surface area contributed by atoms with Gasteiger partial charge in [0.2, 0.25) is 0 Å². The smallest absolute Gasteiger partial charge is 0.322 e. The number of aromatic hydroxyl groups is 1. The van der Waals surface area contributed by atoms with Crippen molar-refractivity contribution in [2.45, 2.75) is 62.1 Å². The van der Waals surface area contributed by atoms with Crippen molar-refractivity contribution in [3.8, 4) is 5.75 Å². The van der Waals surface area contributed by atoms with Gasteiger partial charge in [0, 0.05) is 11.5 Å². The van der Waals surface area contributed by atoms with E-state index >= 15 is 0 Å². The number of aryl methyl sites for hydroxylation is 1. The molecule has 4 atom stereocenters. The van der Waals surface area contributed by atoms with Crippen LogP contribution in [-0.4, -0.2) is 57.8 Å². The maximum atomic E-state index is 12.7. The summed E-state index contributed by atoms with van der Waals surface area (Å²) in [4.78, 5) is 26.7. The molecule has 146 valence electrons. The van der Waals surface area contributed by atoms with Crippen molar-refractivity contribution in [1.82, 2.24) is 15.5 Å².